The Morgan fingerprint density at radius 2 is 2.00 bits per heavy atom. The summed E-state index contributed by atoms with van der Waals surface area (Å²) in [6, 6.07) is 8.23. The number of hydrogen-bond acceptors (Lipinski definition) is 5. The standard InChI is InChI=1S/C21H32N6O3/c1-14(28)17(9-5-11-25-21(23)24)26-19(29)18-10-6-12-27(18)20(30)16(22)13-15-7-3-2-4-8-15/h2-4,7-8,16,18,28H,5-6,9-13,22H2,1H3,(H,26,29)(H4,23,24,25)/b17-14+/t16-,18+/m1/s1. The Bertz CT molecular complexity index is 785. The molecule has 1 aromatic rings. The van der Waals surface area contributed by atoms with E-state index in [2.05, 4.69) is 10.3 Å². The lowest BCUT2D eigenvalue weighted by Gasteiger charge is -2.27. The number of aliphatic hydroxyl groups is 1. The van der Waals surface area contributed by atoms with Crippen LogP contribution in [0.3, 0.4) is 0 Å². The molecule has 1 heterocycles. The molecule has 1 aromatic carbocycles. The van der Waals surface area contributed by atoms with Crippen LogP contribution in [0.15, 0.2) is 46.8 Å². The Morgan fingerprint density at radius 3 is 2.63 bits per heavy atom. The normalized spacial score (nSPS) is 17.8. The lowest BCUT2D eigenvalue weighted by molar-refractivity contribution is -0.139. The van der Waals surface area contributed by atoms with Crippen molar-refractivity contribution in [3.05, 3.63) is 47.4 Å². The molecule has 9 nitrogen and oxygen atoms in total. The summed E-state index contributed by atoms with van der Waals surface area (Å²) in [5, 5.41) is 12.7. The van der Waals surface area contributed by atoms with Crippen LogP contribution < -0.4 is 22.5 Å². The van der Waals surface area contributed by atoms with Crippen molar-refractivity contribution in [3.63, 3.8) is 0 Å². The number of likely N-dealkylation sites (tertiary alicyclic amines) is 1. The average molecular weight is 417 g/mol. The molecule has 9 heteroatoms. The third-order valence-corrected chi connectivity index (χ3v) is 5.04. The molecule has 1 saturated heterocycles. The molecular weight excluding hydrogens is 384 g/mol. The molecular formula is C21H32N6O3. The van der Waals surface area contributed by atoms with E-state index in [9.17, 15) is 14.7 Å². The van der Waals surface area contributed by atoms with E-state index in [-0.39, 0.29) is 23.5 Å². The minimum absolute atomic E-state index is 0.00256. The largest absolute Gasteiger partial charge is 0.511 e. The monoisotopic (exact) mass is 416 g/mol. The van der Waals surface area contributed by atoms with Gasteiger partial charge in [0.15, 0.2) is 5.96 Å². The molecule has 0 spiro atoms. The molecule has 0 bridgehead atoms. The highest BCUT2D eigenvalue weighted by Gasteiger charge is 2.36. The fraction of sp³-hybridized carbons (Fsp3) is 0.476. The molecule has 2 rings (SSSR count). The molecule has 2 atom stereocenters. The second-order valence-corrected chi connectivity index (χ2v) is 7.45. The van der Waals surface area contributed by atoms with Gasteiger partial charge in [0.05, 0.1) is 11.7 Å². The van der Waals surface area contributed by atoms with Gasteiger partial charge in [-0.2, -0.15) is 0 Å². The molecule has 2 amide bonds. The minimum Gasteiger partial charge on any atom is -0.511 e. The lowest BCUT2D eigenvalue weighted by Crippen LogP contribution is -2.51. The zero-order valence-corrected chi connectivity index (χ0v) is 17.4. The highest BCUT2D eigenvalue weighted by atomic mass is 16.3. The second kappa shape index (κ2) is 11.2. The first-order chi connectivity index (χ1) is 14.3. The number of aliphatic imine (C=N–C) groups is 1. The molecule has 0 unspecified atom stereocenters. The highest BCUT2D eigenvalue weighted by molar-refractivity contribution is 5.91. The fourth-order valence-corrected chi connectivity index (χ4v) is 3.50. The summed E-state index contributed by atoms with van der Waals surface area (Å²) in [5.41, 5.74) is 18.1. The summed E-state index contributed by atoms with van der Waals surface area (Å²) in [7, 11) is 0. The van der Waals surface area contributed by atoms with Crippen molar-refractivity contribution in [2.24, 2.45) is 22.2 Å². The third kappa shape index (κ3) is 6.77. The number of carbonyl (C=O) groups is 2. The van der Waals surface area contributed by atoms with Crippen molar-refractivity contribution in [1.29, 1.82) is 0 Å². The van der Waals surface area contributed by atoms with Crippen LogP contribution in [0.25, 0.3) is 0 Å². The Labute approximate surface area is 177 Å². The maximum Gasteiger partial charge on any atom is 0.247 e. The van der Waals surface area contributed by atoms with Gasteiger partial charge in [-0.05, 0) is 44.6 Å². The molecule has 30 heavy (non-hydrogen) atoms. The minimum atomic E-state index is -0.713. The SMILES string of the molecule is C/C(O)=C(/CCCN=C(N)N)NC(=O)[C@@H]1CCCN1C(=O)[C@H](N)Cc1ccccc1. The molecule has 0 aromatic heterocycles. The van der Waals surface area contributed by atoms with E-state index in [0.717, 1.165) is 12.0 Å². The molecule has 1 aliphatic rings. The first kappa shape index (κ1) is 23.2. The van der Waals surface area contributed by atoms with E-state index in [4.69, 9.17) is 17.2 Å². The van der Waals surface area contributed by atoms with Gasteiger partial charge in [0.2, 0.25) is 11.8 Å². The lowest BCUT2D eigenvalue weighted by atomic mass is 10.1. The third-order valence-electron chi connectivity index (χ3n) is 5.04. The number of nitrogens with one attached hydrogen (secondary N) is 1. The number of hydrogen-bond donors (Lipinski definition) is 5. The Balaban J connectivity index is 1.97. The van der Waals surface area contributed by atoms with E-state index < -0.39 is 12.1 Å². The van der Waals surface area contributed by atoms with E-state index in [1.807, 2.05) is 30.3 Å². The summed E-state index contributed by atoms with van der Waals surface area (Å²) in [6.45, 7) is 2.38. The van der Waals surface area contributed by atoms with Crippen molar-refractivity contribution in [2.75, 3.05) is 13.1 Å². The van der Waals surface area contributed by atoms with E-state index in [0.29, 0.717) is 44.5 Å². The number of rotatable bonds is 9. The van der Waals surface area contributed by atoms with Gasteiger partial charge in [-0.15, -0.1) is 0 Å². The zero-order valence-electron chi connectivity index (χ0n) is 17.4. The smallest absolute Gasteiger partial charge is 0.247 e. The van der Waals surface area contributed by atoms with Crippen molar-refractivity contribution >= 4 is 17.8 Å². The van der Waals surface area contributed by atoms with E-state index in [1.54, 1.807) is 4.90 Å². The first-order valence-corrected chi connectivity index (χ1v) is 10.1. The highest BCUT2D eigenvalue weighted by Crippen LogP contribution is 2.20. The summed E-state index contributed by atoms with van der Waals surface area (Å²) >= 11 is 0. The molecule has 8 N–H and O–H groups in total. The quantitative estimate of drug-likeness (QED) is 0.171. The van der Waals surface area contributed by atoms with Gasteiger partial charge < -0.3 is 32.5 Å². The Morgan fingerprint density at radius 1 is 1.30 bits per heavy atom. The topological polar surface area (TPSA) is 160 Å². The van der Waals surface area contributed by atoms with Crippen molar-refractivity contribution in [2.45, 2.75) is 51.1 Å². The zero-order chi connectivity index (χ0) is 22.1. The summed E-state index contributed by atoms with van der Waals surface area (Å²) in [5.74, 6) is -0.546. The van der Waals surface area contributed by atoms with Crippen LogP contribution in [0.4, 0.5) is 0 Å². The predicted octanol–water partition coefficient (Wildman–Crippen LogP) is 0.507. The van der Waals surface area contributed by atoms with Crippen LogP contribution in [0.5, 0.6) is 0 Å². The van der Waals surface area contributed by atoms with Crippen molar-refractivity contribution < 1.29 is 14.7 Å². The summed E-state index contributed by atoms with van der Waals surface area (Å²) in [6.07, 6.45) is 2.65. The maximum atomic E-state index is 12.9. The van der Waals surface area contributed by atoms with Gasteiger partial charge in [0.25, 0.3) is 0 Å². The molecule has 0 saturated carbocycles. The summed E-state index contributed by atoms with van der Waals surface area (Å²) in [4.78, 5) is 31.2. The van der Waals surface area contributed by atoms with Gasteiger partial charge in [0.1, 0.15) is 11.8 Å². The van der Waals surface area contributed by atoms with Crippen LogP contribution in [-0.2, 0) is 16.0 Å². The van der Waals surface area contributed by atoms with Gasteiger partial charge in [-0.25, -0.2) is 0 Å². The van der Waals surface area contributed by atoms with Crippen LogP contribution >= 0.6 is 0 Å². The second-order valence-electron chi connectivity index (χ2n) is 7.45. The van der Waals surface area contributed by atoms with Gasteiger partial charge in [-0.3, -0.25) is 14.6 Å². The van der Waals surface area contributed by atoms with Crippen molar-refractivity contribution in [3.8, 4) is 0 Å². The number of aliphatic hydroxyl groups excluding tert-OH is 1. The average Bonchev–Trinajstić information content (AvgIpc) is 3.19. The van der Waals surface area contributed by atoms with Gasteiger partial charge in [-0.1, -0.05) is 30.3 Å². The summed E-state index contributed by atoms with van der Waals surface area (Å²) < 4.78 is 0. The van der Waals surface area contributed by atoms with Gasteiger partial charge in [0, 0.05) is 13.1 Å². The number of carbonyl (C=O) groups excluding carboxylic acids is 2. The Hall–Kier alpha value is -3.07. The van der Waals surface area contributed by atoms with Crippen LogP contribution in [-0.4, -0.2) is 53.0 Å². The first-order valence-electron chi connectivity index (χ1n) is 10.1. The molecule has 1 aliphatic heterocycles. The molecule has 0 radical (unpaired) electrons. The van der Waals surface area contributed by atoms with Crippen molar-refractivity contribution in [1.82, 2.24) is 10.2 Å². The molecule has 0 aliphatic carbocycles. The van der Waals surface area contributed by atoms with E-state index >= 15 is 0 Å². The number of allylic oxidation sites excluding steroid dienone is 2. The number of nitrogens with zero attached hydrogens (tertiary/aromatic N) is 2. The number of amides is 2. The fourth-order valence-electron chi connectivity index (χ4n) is 3.50. The van der Waals surface area contributed by atoms with E-state index in [1.165, 1.54) is 6.92 Å². The van der Waals surface area contributed by atoms with Crippen LogP contribution in [0.1, 0.15) is 38.2 Å². The number of nitrogens with two attached hydrogens (primary N) is 3. The van der Waals surface area contributed by atoms with Gasteiger partial charge >= 0.3 is 0 Å². The number of benzene rings is 1. The predicted molar refractivity (Wildman–Crippen MR) is 116 cm³/mol. The maximum absolute atomic E-state index is 12.9. The van der Waals surface area contributed by atoms with Crippen LogP contribution in [0.2, 0.25) is 0 Å². The molecule has 164 valence electrons. The Kier molecular flexibility index (Phi) is 8.67. The molecule has 1 fully saturated rings. The number of guanidine groups is 1. The van der Waals surface area contributed by atoms with Crippen LogP contribution in [0, 0.1) is 0 Å².